The number of carbonyl (C=O) groups is 1. The molecule has 8 nitrogen and oxygen atoms in total. The number of amides is 1. The second-order valence-electron chi connectivity index (χ2n) is 6.33. The van der Waals surface area contributed by atoms with Crippen molar-refractivity contribution >= 4 is 5.91 Å². The molecule has 132 valence electrons. The number of hydrogen-bond donors (Lipinski definition) is 0. The monoisotopic (exact) mass is 344 g/mol. The summed E-state index contributed by atoms with van der Waals surface area (Å²) in [6.07, 6.45) is 4.57. The molecule has 0 N–H and O–H groups in total. The predicted octanol–water partition coefficient (Wildman–Crippen LogP) is 1.65. The van der Waals surface area contributed by atoms with Gasteiger partial charge in [0.25, 0.3) is 5.91 Å². The fraction of sp³-hybridized carbons (Fsp3) is 0.529. The van der Waals surface area contributed by atoms with Gasteiger partial charge >= 0.3 is 0 Å². The number of nitrogens with zero attached hydrogens (tertiary/aromatic N) is 4. The summed E-state index contributed by atoms with van der Waals surface area (Å²) in [5.74, 6) is 1.67. The number of aromatic nitrogens is 3. The van der Waals surface area contributed by atoms with Crippen molar-refractivity contribution in [2.24, 2.45) is 0 Å². The molecule has 0 aromatic carbocycles. The van der Waals surface area contributed by atoms with Crippen LogP contribution < -0.4 is 9.47 Å². The maximum absolute atomic E-state index is 12.8. The number of methoxy groups -OCH3 is 1. The molecule has 0 saturated carbocycles. The maximum Gasteiger partial charge on any atom is 0.276 e. The summed E-state index contributed by atoms with van der Waals surface area (Å²) in [5.41, 5.74) is 1.46. The summed E-state index contributed by atoms with van der Waals surface area (Å²) in [7, 11) is 1.54. The minimum absolute atomic E-state index is 0.0705. The quantitative estimate of drug-likeness (QED) is 0.833. The minimum Gasteiger partial charge on any atom is -0.480 e. The molecule has 1 aliphatic carbocycles. The molecule has 2 aromatic rings. The van der Waals surface area contributed by atoms with Gasteiger partial charge in [-0.25, -0.2) is 0 Å². The molecular weight excluding hydrogens is 324 g/mol. The zero-order valence-corrected chi connectivity index (χ0v) is 14.1. The zero-order valence-electron chi connectivity index (χ0n) is 14.1. The molecule has 1 amide bonds. The molecule has 1 atom stereocenters. The van der Waals surface area contributed by atoms with E-state index in [1.807, 2.05) is 0 Å². The lowest BCUT2D eigenvalue weighted by Gasteiger charge is -2.17. The third-order valence-corrected chi connectivity index (χ3v) is 4.70. The fourth-order valence-electron chi connectivity index (χ4n) is 3.36. The number of hydrogen-bond acceptors (Lipinski definition) is 7. The Morgan fingerprint density at radius 3 is 2.84 bits per heavy atom. The van der Waals surface area contributed by atoms with Gasteiger partial charge in [0.05, 0.1) is 13.7 Å². The SMILES string of the molecule is COc1ccc(OC2CCN(C(=O)c3noc4c3CCCC4)C2)nn1. The Kier molecular flexibility index (Phi) is 4.25. The normalized spacial score (nSPS) is 19.6. The van der Waals surface area contributed by atoms with Crippen molar-refractivity contribution in [3.05, 3.63) is 29.2 Å². The second-order valence-corrected chi connectivity index (χ2v) is 6.33. The standard InChI is InChI=1S/C17H20N4O4/c1-23-14-6-7-15(19-18-14)24-11-8-9-21(10-11)17(22)16-12-4-2-3-5-13(12)25-20-16/h6-7,11H,2-5,8-10H2,1H3. The lowest BCUT2D eigenvalue weighted by Crippen LogP contribution is -2.32. The van der Waals surface area contributed by atoms with E-state index in [0.717, 1.165) is 43.4 Å². The van der Waals surface area contributed by atoms with Crippen LogP contribution in [0.3, 0.4) is 0 Å². The molecule has 25 heavy (non-hydrogen) atoms. The molecule has 2 aromatic heterocycles. The van der Waals surface area contributed by atoms with Gasteiger partial charge in [-0.2, -0.15) is 0 Å². The number of carbonyl (C=O) groups excluding carboxylic acids is 1. The smallest absolute Gasteiger partial charge is 0.276 e. The fourth-order valence-corrected chi connectivity index (χ4v) is 3.36. The first-order valence-corrected chi connectivity index (χ1v) is 8.55. The van der Waals surface area contributed by atoms with Crippen LogP contribution >= 0.6 is 0 Å². The van der Waals surface area contributed by atoms with Crippen LogP contribution in [-0.2, 0) is 12.8 Å². The first-order valence-electron chi connectivity index (χ1n) is 8.55. The van der Waals surface area contributed by atoms with Crippen molar-refractivity contribution in [1.82, 2.24) is 20.3 Å². The minimum atomic E-state index is -0.102. The van der Waals surface area contributed by atoms with Gasteiger partial charge in [0.1, 0.15) is 11.9 Å². The number of fused-ring (bicyclic) bond motifs is 1. The summed E-state index contributed by atoms with van der Waals surface area (Å²) < 4.78 is 16.1. The molecular formula is C17H20N4O4. The third kappa shape index (κ3) is 3.16. The van der Waals surface area contributed by atoms with E-state index in [-0.39, 0.29) is 12.0 Å². The van der Waals surface area contributed by atoms with Gasteiger partial charge in [0, 0.05) is 37.1 Å². The van der Waals surface area contributed by atoms with Crippen LogP contribution in [0.5, 0.6) is 11.8 Å². The molecule has 1 aliphatic heterocycles. The lowest BCUT2D eigenvalue weighted by atomic mass is 9.96. The second kappa shape index (κ2) is 6.70. The summed E-state index contributed by atoms with van der Waals surface area (Å²) in [4.78, 5) is 14.5. The first kappa shape index (κ1) is 15.9. The Morgan fingerprint density at radius 1 is 1.24 bits per heavy atom. The van der Waals surface area contributed by atoms with Crippen molar-refractivity contribution in [1.29, 1.82) is 0 Å². The molecule has 3 heterocycles. The van der Waals surface area contributed by atoms with Gasteiger partial charge in [-0.05, 0) is 19.3 Å². The van der Waals surface area contributed by atoms with E-state index in [4.69, 9.17) is 14.0 Å². The summed E-state index contributed by atoms with van der Waals surface area (Å²) in [6.45, 7) is 1.14. The highest BCUT2D eigenvalue weighted by Crippen LogP contribution is 2.26. The number of ether oxygens (including phenoxy) is 2. The van der Waals surface area contributed by atoms with Gasteiger partial charge in [-0.3, -0.25) is 4.79 Å². The molecule has 0 spiro atoms. The highest BCUT2D eigenvalue weighted by molar-refractivity contribution is 5.94. The van der Waals surface area contributed by atoms with E-state index in [1.54, 1.807) is 17.0 Å². The molecule has 4 rings (SSSR count). The van der Waals surface area contributed by atoms with E-state index < -0.39 is 0 Å². The van der Waals surface area contributed by atoms with Gasteiger partial charge in [-0.1, -0.05) is 5.16 Å². The van der Waals surface area contributed by atoms with Crippen molar-refractivity contribution in [2.45, 2.75) is 38.2 Å². The molecule has 2 aliphatic rings. The lowest BCUT2D eigenvalue weighted by molar-refractivity contribution is 0.0759. The van der Waals surface area contributed by atoms with Crippen molar-refractivity contribution in [2.75, 3.05) is 20.2 Å². The average Bonchev–Trinajstić information content (AvgIpc) is 3.29. The van der Waals surface area contributed by atoms with Crippen LogP contribution in [0.1, 0.15) is 41.1 Å². The largest absolute Gasteiger partial charge is 0.480 e. The van der Waals surface area contributed by atoms with E-state index in [9.17, 15) is 4.79 Å². The maximum atomic E-state index is 12.8. The number of likely N-dealkylation sites (tertiary alicyclic amines) is 1. The number of aryl methyl sites for hydroxylation is 1. The Hall–Kier alpha value is -2.64. The van der Waals surface area contributed by atoms with Crippen LogP contribution in [0.4, 0.5) is 0 Å². The van der Waals surface area contributed by atoms with Crippen LogP contribution in [-0.4, -0.2) is 52.5 Å². The van der Waals surface area contributed by atoms with Gasteiger partial charge < -0.3 is 18.9 Å². The Balaban J connectivity index is 1.40. The Bertz CT molecular complexity index is 759. The Morgan fingerprint density at radius 2 is 2.04 bits per heavy atom. The van der Waals surface area contributed by atoms with E-state index >= 15 is 0 Å². The molecule has 1 saturated heterocycles. The molecule has 8 heteroatoms. The van der Waals surface area contributed by atoms with Crippen LogP contribution in [0.25, 0.3) is 0 Å². The topological polar surface area (TPSA) is 90.6 Å². The molecule has 0 radical (unpaired) electrons. The summed E-state index contributed by atoms with van der Waals surface area (Å²) in [6, 6.07) is 3.41. The number of rotatable bonds is 4. The summed E-state index contributed by atoms with van der Waals surface area (Å²) >= 11 is 0. The van der Waals surface area contributed by atoms with Crippen molar-refractivity contribution in [3.8, 4) is 11.8 Å². The zero-order chi connectivity index (χ0) is 17.2. The van der Waals surface area contributed by atoms with Crippen molar-refractivity contribution in [3.63, 3.8) is 0 Å². The Labute approximate surface area is 145 Å². The third-order valence-electron chi connectivity index (χ3n) is 4.70. The van der Waals surface area contributed by atoms with Crippen molar-refractivity contribution < 1.29 is 18.8 Å². The van der Waals surface area contributed by atoms with E-state index in [0.29, 0.717) is 30.5 Å². The van der Waals surface area contributed by atoms with E-state index in [1.165, 1.54) is 7.11 Å². The first-order chi connectivity index (χ1) is 12.2. The van der Waals surface area contributed by atoms with Gasteiger partial charge in [-0.15, -0.1) is 10.2 Å². The van der Waals surface area contributed by atoms with Gasteiger partial charge in [0.15, 0.2) is 5.69 Å². The highest BCUT2D eigenvalue weighted by atomic mass is 16.5. The molecule has 0 bridgehead atoms. The van der Waals surface area contributed by atoms with Crippen LogP contribution in [0, 0.1) is 0 Å². The van der Waals surface area contributed by atoms with E-state index in [2.05, 4.69) is 15.4 Å². The predicted molar refractivity (Wildman–Crippen MR) is 86.7 cm³/mol. The van der Waals surface area contributed by atoms with Crippen LogP contribution in [0.15, 0.2) is 16.7 Å². The average molecular weight is 344 g/mol. The van der Waals surface area contributed by atoms with Crippen LogP contribution in [0.2, 0.25) is 0 Å². The van der Waals surface area contributed by atoms with Gasteiger partial charge in [0.2, 0.25) is 11.8 Å². The molecule has 1 unspecified atom stereocenters. The molecule has 1 fully saturated rings. The summed E-state index contributed by atoms with van der Waals surface area (Å²) in [5, 5.41) is 11.9. The highest BCUT2D eigenvalue weighted by Gasteiger charge is 2.33.